The van der Waals surface area contributed by atoms with Crippen molar-refractivity contribution < 1.29 is 9.13 Å². The van der Waals surface area contributed by atoms with Gasteiger partial charge in [0.25, 0.3) is 0 Å². The van der Waals surface area contributed by atoms with E-state index < -0.39 is 0 Å². The second kappa shape index (κ2) is 5.83. The minimum Gasteiger partial charge on any atom is -0.385 e. The van der Waals surface area contributed by atoms with Gasteiger partial charge in [-0.1, -0.05) is 0 Å². The molecule has 96 valence electrons. The molecule has 0 saturated carbocycles. The lowest BCUT2D eigenvalue weighted by Gasteiger charge is -2.23. The summed E-state index contributed by atoms with van der Waals surface area (Å²) in [6.07, 6.45) is 0.862. The summed E-state index contributed by atoms with van der Waals surface area (Å²) in [4.78, 5) is 0. The molecule has 1 N–H and O–H groups in total. The Morgan fingerprint density at radius 1 is 1.41 bits per heavy atom. The first-order chi connectivity index (χ1) is 7.85. The number of anilines is 1. The zero-order valence-electron chi connectivity index (χ0n) is 10.7. The molecule has 2 nitrogen and oxygen atoms in total. The van der Waals surface area contributed by atoms with E-state index in [9.17, 15) is 4.39 Å². The largest absolute Gasteiger partial charge is 0.385 e. The van der Waals surface area contributed by atoms with Gasteiger partial charge in [0.2, 0.25) is 0 Å². The van der Waals surface area contributed by atoms with Crippen molar-refractivity contribution >= 4 is 21.6 Å². The molecule has 0 saturated heterocycles. The van der Waals surface area contributed by atoms with Crippen molar-refractivity contribution in [3.63, 3.8) is 0 Å². The van der Waals surface area contributed by atoms with Crippen LogP contribution < -0.4 is 5.32 Å². The Morgan fingerprint density at radius 3 is 2.65 bits per heavy atom. The number of ether oxygens (including phenoxy) is 1. The molecule has 17 heavy (non-hydrogen) atoms. The van der Waals surface area contributed by atoms with Crippen molar-refractivity contribution in [2.45, 2.75) is 32.8 Å². The number of benzene rings is 1. The molecule has 0 heterocycles. The highest BCUT2D eigenvalue weighted by Crippen LogP contribution is 2.24. The Morgan fingerprint density at radius 2 is 2.06 bits per heavy atom. The average molecular weight is 304 g/mol. The van der Waals surface area contributed by atoms with Gasteiger partial charge in [0.15, 0.2) is 0 Å². The van der Waals surface area contributed by atoms with E-state index in [1.807, 2.05) is 20.8 Å². The Bertz CT molecular complexity index is 393. The van der Waals surface area contributed by atoms with Crippen molar-refractivity contribution in [3.8, 4) is 0 Å². The van der Waals surface area contributed by atoms with Crippen LogP contribution in [0.4, 0.5) is 10.1 Å². The monoisotopic (exact) mass is 303 g/mol. The number of methoxy groups -OCH3 is 1. The van der Waals surface area contributed by atoms with Gasteiger partial charge in [0, 0.05) is 19.3 Å². The second-order valence-corrected chi connectivity index (χ2v) is 5.58. The Balaban J connectivity index is 2.61. The van der Waals surface area contributed by atoms with Gasteiger partial charge >= 0.3 is 0 Å². The predicted molar refractivity (Wildman–Crippen MR) is 73.0 cm³/mol. The minimum absolute atomic E-state index is 0.158. The maximum absolute atomic E-state index is 13.4. The Hall–Kier alpha value is -0.610. The highest BCUT2D eigenvalue weighted by atomic mass is 79.9. The van der Waals surface area contributed by atoms with Crippen LogP contribution in [0.15, 0.2) is 16.6 Å². The summed E-state index contributed by atoms with van der Waals surface area (Å²) in [7, 11) is 1.70. The minimum atomic E-state index is -0.246. The fraction of sp³-hybridized carbons (Fsp3) is 0.538. The number of hydrogen-bond donors (Lipinski definition) is 1. The van der Waals surface area contributed by atoms with Gasteiger partial charge < -0.3 is 10.1 Å². The van der Waals surface area contributed by atoms with E-state index in [0.29, 0.717) is 4.47 Å². The van der Waals surface area contributed by atoms with Gasteiger partial charge in [0.1, 0.15) is 5.82 Å². The van der Waals surface area contributed by atoms with Crippen LogP contribution in [-0.4, -0.2) is 19.3 Å². The molecule has 0 spiro atoms. The van der Waals surface area contributed by atoms with Crippen molar-refractivity contribution in [2.75, 3.05) is 19.0 Å². The topological polar surface area (TPSA) is 21.3 Å². The first-order valence-corrected chi connectivity index (χ1v) is 6.40. The summed E-state index contributed by atoms with van der Waals surface area (Å²) in [6.45, 7) is 6.77. The lowest BCUT2D eigenvalue weighted by atomic mass is 10.1. The molecule has 0 aromatic heterocycles. The first-order valence-electron chi connectivity index (χ1n) is 5.60. The number of rotatable bonds is 5. The second-order valence-electron chi connectivity index (χ2n) is 4.72. The number of halogens is 2. The third-order valence-electron chi connectivity index (χ3n) is 2.86. The maximum Gasteiger partial charge on any atom is 0.139 e. The molecule has 0 aliphatic heterocycles. The molecule has 0 bridgehead atoms. The summed E-state index contributed by atoms with van der Waals surface area (Å²) in [5, 5.41) is 3.23. The van der Waals surface area contributed by atoms with Gasteiger partial charge in [-0.05, 0) is 60.8 Å². The molecule has 0 aliphatic rings. The molecule has 1 aromatic rings. The van der Waals surface area contributed by atoms with E-state index in [-0.39, 0.29) is 11.4 Å². The maximum atomic E-state index is 13.4. The molecule has 0 fully saturated rings. The van der Waals surface area contributed by atoms with E-state index in [1.165, 1.54) is 6.07 Å². The van der Waals surface area contributed by atoms with E-state index >= 15 is 0 Å². The van der Waals surface area contributed by atoms with Crippen LogP contribution in [0.25, 0.3) is 0 Å². The van der Waals surface area contributed by atoms with Crippen molar-refractivity contribution in [1.82, 2.24) is 0 Å². The summed E-state index contributed by atoms with van der Waals surface area (Å²) < 4.78 is 19.2. The number of aryl methyl sites for hydroxylation is 1. The third-order valence-corrected chi connectivity index (χ3v) is 3.47. The SMILES string of the molecule is COC(C)(C)CCNc1cc(F)c(Br)cc1C. The highest BCUT2D eigenvalue weighted by molar-refractivity contribution is 9.10. The zero-order valence-corrected chi connectivity index (χ0v) is 12.3. The van der Waals surface area contributed by atoms with Gasteiger partial charge in [-0.15, -0.1) is 0 Å². The molecule has 1 rings (SSSR count). The third kappa shape index (κ3) is 4.28. The fourth-order valence-electron chi connectivity index (χ4n) is 1.44. The van der Waals surface area contributed by atoms with Crippen molar-refractivity contribution in [3.05, 3.63) is 28.0 Å². The molecule has 0 unspecified atom stereocenters. The summed E-state index contributed by atoms with van der Waals surface area (Å²) in [5.74, 6) is -0.246. The van der Waals surface area contributed by atoms with Crippen LogP contribution in [0, 0.1) is 12.7 Å². The molecule has 0 aliphatic carbocycles. The Labute approximate surface area is 111 Å². The number of nitrogens with one attached hydrogen (secondary N) is 1. The first kappa shape index (κ1) is 14.5. The van der Waals surface area contributed by atoms with Crippen molar-refractivity contribution in [1.29, 1.82) is 0 Å². The van der Waals surface area contributed by atoms with Crippen LogP contribution in [0.3, 0.4) is 0 Å². The normalized spacial score (nSPS) is 11.6. The average Bonchev–Trinajstić information content (AvgIpc) is 2.25. The molecule has 1 aromatic carbocycles. The van der Waals surface area contributed by atoms with Crippen LogP contribution in [0.2, 0.25) is 0 Å². The lowest BCUT2D eigenvalue weighted by molar-refractivity contribution is 0.0185. The lowest BCUT2D eigenvalue weighted by Crippen LogP contribution is -2.25. The van der Waals surface area contributed by atoms with Crippen molar-refractivity contribution in [2.24, 2.45) is 0 Å². The smallest absolute Gasteiger partial charge is 0.139 e. The fourth-order valence-corrected chi connectivity index (χ4v) is 1.89. The van der Waals surface area contributed by atoms with Crippen LogP contribution >= 0.6 is 15.9 Å². The number of hydrogen-bond acceptors (Lipinski definition) is 2. The van der Waals surface area contributed by atoms with E-state index in [1.54, 1.807) is 13.2 Å². The van der Waals surface area contributed by atoms with E-state index in [2.05, 4.69) is 21.2 Å². The predicted octanol–water partition coefficient (Wildman–Crippen LogP) is 4.12. The zero-order chi connectivity index (χ0) is 13.1. The molecular weight excluding hydrogens is 285 g/mol. The summed E-state index contributed by atoms with van der Waals surface area (Å²) in [5.41, 5.74) is 1.69. The van der Waals surface area contributed by atoms with E-state index in [0.717, 1.165) is 24.2 Å². The van der Waals surface area contributed by atoms with Gasteiger partial charge in [-0.2, -0.15) is 0 Å². The van der Waals surface area contributed by atoms with Crippen LogP contribution in [0.1, 0.15) is 25.8 Å². The molecular formula is C13H19BrFNO. The van der Waals surface area contributed by atoms with E-state index in [4.69, 9.17) is 4.74 Å². The summed E-state index contributed by atoms with van der Waals surface area (Å²) in [6, 6.07) is 3.29. The standard InChI is InChI=1S/C13H19BrFNO/c1-9-7-10(14)11(15)8-12(9)16-6-5-13(2,3)17-4/h7-8,16H,5-6H2,1-4H3. The van der Waals surface area contributed by atoms with Crippen LogP contribution in [0.5, 0.6) is 0 Å². The van der Waals surface area contributed by atoms with Gasteiger partial charge in [-0.3, -0.25) is 0 Å². The Kier molecular flexibility index (Phi) is 4.95. The quantitative estimate of drug-likeness (QED) is 0.883. The van der Waals surface area contributed by atoms with Gasteiger partial charge in [0.05, 0.1) is 10.1 Å². The van der Waals surface area contributed by atoms with Gasteiger partial charge in [-0.25, -0.2) is 4.39 Å². The highest BCUT2D eigenvalue weighted by Gasteiger charge is 2.15. The molecule has 0 amide bonds. The summed E-state index contributed by atoms with van der Waals surface area (Å²) >= 11 is 3.17. The molecule has 0 atom stereocenters. The molecule has 4 heteroatoms. The molecule has 0 radical (unpaired) electrons. The van der Waals surface area contributed by atoms with Crippen LogP contribution in [-0.2, 0) is 4.74 Å².